The van der Waals surface area contributed by atoms with E-state index in [1.54, 1.807) is 24.3 Å². The second kappa shape index (κ2) is 9.71. The summed E-state index contributed by atoms with van der Waals surface area (Å²) in [4.78, 5) is 23.2. The Hall–Kier alpha value is -3.38. The van der Waals surface area contributed by atoms with E-state index in [0.29, 0.717) is 12.3 Å². The molecule has 1 amide bonds. The molecule has 0 aliphatic heterocycles. The third-order valence-corrected chi connectivity index (χ3v) is 4.63. The Morgan fingerprint density at radius 1 is 1.00 bits per heavy atom. The van der Waals surface area contributed by atoms with Gasteiger partial charge in [0.2, 0.25) is 0 Å². The average molecular weight is 393 g/mol. The lowest BCUT2D eigenvalue weighted by molar-refractivity contribution is -0.148. The number of nitrogens with one attached hydrogen (secondary N) is 1. The van der Waals surface area contributed by atoms with E-state index in [-0.39, 0.29) is 18.9 Å². The highest BCUT2D eigenvalue weighted by Crippen LogP contribution is 2.18. The number of hydrogen-bond donors (Lipinski definition) is 2. The van der Waals surface area contributed by atoms with Crippen LogP contribution in [0, 0.1) is 0 Å². The Labute approximate surface area is 169 Å². The van der Waals surface area contributed by atoms with E-state index in [4.69, 9.17) is 14.6 Å². The van der Waals surface area contributed by atoms with Crippen molar-refractivity contribution in [3.63, 3.8) is 0 Å². The van der Waals surface area contributed by atoms with Crippen molar-refractivity contribution in [2.75, 3.05) is 13.7 Å². The predicted molar refractivity (Wildman–Crippen MR) is 110 cm³/mol. The van der Waals surface area contributed by atoms with Gasteiger partial charge in [-0.3, -0.25) is 4.79 Å². The minimum atomic E-state index is -1.00. The van der Waals surface area contributed by atoms with Crippen molar-refractivity contribution in [1.29, 1.82) is 0 Å². The molecule has 0 saturated carbocycles. The molecule has 29 heavy (non-hydrogen) atoms. The highest BCUT2D eigenvalue weighted by molar-refractivity contribution is 5.86. The summed E-state index contributed by atoms with van der Waals surface area (Å²) in [6, 6.07) is 21.0. The third-order valence-electron chi connectivity index (χ3n) is 4.63. The third kappa shape index (κ3) is 5.56. The molecule has 0 heterocycles. The van der Waals surface area contributed by atoms with Gasteiger partial charge in [0.05, 0.1) is 0 Å². The molecule has 0 bridgehead atoms. The zero-order valence-electron chi connectivity index (χ0n) is 16.1. The Balaban J connectivity index is 1.49. The Morgan fingerprint density at radius 3 is 2.45 bits per heavy atom. The number of amides is 1. The highest BCUT2D eigenvalue weighted by Gasteiger charge is 2.16. The summed E-state index contributed by atoms with van der Waals surface area (Å²) in [6.07, 6.45) is -0.626. The number of carbonyl (C=O) groups excluding carboxylic acids is 1. The minimum Gasteiger partial charge on any atom is -0.484 e. The molecule has 0 saturated heterocycles. The number of aliphatic carboxylic acids is 1. The lowest BCUT2D eigenvalue weighted by atomic mass is 10.0. The fraction of sp³-hybridized carbons (Fsp3) is 0.217. The predicted octanol–water partition coefficient (Wildman–Crippen LogP) is 3.18. The number of carboxylic acids is 1. The van der Waals surface area contributed by atoms with Crippen LogP contribution in [-0.2, 0) is 27.3 Å². The lowest BCUT2D eigenvalue weighted by Crippen LogP contribution is -2.28. The summed E-state index contributed by atoms with van der Waals surface area (Å²) in [5.41, 5.74) is 1.86. The Morgan fingerprint density at radius 2 is 1.72 bits per heavy atom. The van der Waals surface area contributed by atoms with Crippen LogP contribution in [0.25, 0.3) is 10.8 Å². The van der Waals surface area contributed by atoms with Gasteiger partial charge in [-0.15, -0.1) is 0 Å². The number of hydrogen-bond acceptors (Lipinski definition) is 4. The van der Waals surface area contributed by atoms with Crippen LogP contribution in [0.3, 0.4) is 0 Å². The number of fused-ring (bicyclic) bond motifs is 1. The van der Waals surface area contributed by atoms with Crippen LogP contribution in [0.5, 0.6) is 5.75 Å². The molecule has 3 aromatic rings. The first-order valence-corrected chi connectivity index (χ1v) is 9.27. The monoisotopic (exact) mass is 393 g/mol. The summed E-state index contributed by atoms with van der Waals surface area (Å²) < 4.78 is 10.4. The van der Waals surface area contributed by atoms with Crippen molar-refractivity contribution < 1.29 is 24.2 Å². The van der Waals surface area contributed by atoms with Gasteiger partial charge >= 0.3 is 5.97 Å². The van der Waals surface area contributed by atoms with Gasteiger partial charge < -0.3 is 19.9 Å². The normalized spacial score (nSPS) is 11.8. The number of carboxylic acid groups (broad SMARTS) is 1. The fourth-order valence-corrected chi connectivity index (χ4v) is 3.05. The first kappa shape index (κ1) is 20.4. The highest BCUT2D eigenvalue weighted by atomic mass is 16.5. The number of rotatable bonds is 9. The Kier molecular flexibility index (Phi) is 6.81. The van der Waals surface area contributed by atoms with Crippen molar-refractivity contribution in [2.45, 2.75) is 19.1 Å². The molecule has 150 valence electrons. The Bertz CT molecular complexity index is 979. The topological polar surface area (TPSA) is 84.9 Å². The number of methoxy groups -OCH3 is 1. The molecule has 0 fully saturated rings. The van der Waals surface area contributed by atoms with E-state index in [1.165, 1.54) is 7.11 Å². The minimum absolute atomic E-state index is 0.0973. The summed E-state index contributed by atoms with van der Waals surface area (Å²) >= 11 is 0. The molecule has 0 radical (unpaired) electrons. The quantitative estimate of drug-likeness (QED) is 0.583. The zero-order valence-corrected chi connectivity index (χ0v) is 16.1. The van der Waals surface area contributed by atoms with E-state index in [0.717, 1.165) is 21.9 Å². The van der Waals surface area contributed by atoms with Crippen molar-refractivity contribution in [1.82, 2.24) is 5.32 Å². The van der Waals surface area contributed by atoms with Crippen LogP contribution < -0.4 is 10.1 Å². The maximum atomic E-state index is 12.1. The smallest absolute Gasteiger partial charge is 0.333 e. The zero-order chi connectivity index (χ0) is 20.6. The molecule has 6 heteroatoms. The van der Waals surface area contributed by atoms with Gasteiger partial charge in [0.25, 0.3) is 5.91 Å². The second-order valence-electron chi connectivity index (χ2n) is 6.61. The molecule has 0 aliphatic rings. The largest absolute Gasteiger partial charge is 0.484 e. The molecule has 0 aliphatic carbocycles. The summed E-state index contributed by atoms with van der Waals surface area (Å²) in [5.74, 6) is -0.679. The SMILES string of the molecule is COC(Cc1ccc(OCC(=O)NCc2cccc3ccccc23)cc1)C(=O)O. The standard InChI is InChI=1S/C23H23NO5/c1-28-21(23(26)27)13-16-9-11-19(12-10-16)29-15-22(25)24-14-18-7-4-6-17-5-2-3-8-20(17)18/h2-12,21H,13-15H2,1H3,(H,24,25)(H,26,27). The van der Waals surface area contributed by atoms with Crippen molar-refractivity contribution in [3.05, 3.63) is 77.9 Å². The lowest BCUT2D eigenvalue weighted by Gasteiger charge is -2.12. The fourth-order valence-electron chi connectivity index (χ4n) is 3.05. The molecule has 2 N–H and O–H groups in total. The van der Waals surface area contributed by atoms with Crippen LogP contribution in [0.1, 0.15) is 11.1 Å². The molecule has 3 rings (SSSR count). The second-order valence-corrected chi connectivity index (χ2v) is 6.61. The van der Waals surface area contributed by atoms with Crippen LogP contribution >= 0.6 is 0 Å². The van der Waals surface area contributed by atoms with Gasteiger partial charge in [0.15, 0.2) is 12.7 Å². The van der Waals surface area contributed by atoms with Crippen LogP contribution in [-0.4, -0.2) is 36.8 Å². The van der Waals surface area contributed by atoms with Crippen LogP contribution in [0.15, 0.2) is 66.7 Å². The first-order chi connectivity index (χ1) is 14.1. The molecule has 3 aromatic carbocycles. The molecular weight excluding hydrogens is 370 g/mol. The van der Waals surface area contributed by atoms with E-state index < -0.39 is 12.1 Å². The number of ether oxygens (including phenoxy) is 2. The summed E-state index contributed by atoms with van der Waals surface area (Å²) in [6.45, 7) is 0.329. The summed E-state index contributed by atoms with van der Waals surface area (Å²) in [5, 5.41) is 14.2. The maximum absolute atomic E-state index is 12.1. The number of carbonyl (C=O) groups is 2. The van der Waals surface area contributed by atoms with E-state index in [1.807, 2.05) is 42.5 Å². The number of benzene rings is 3. The van der Waals surface area contributed by atoms with Gasteiger partial charge in [-0.1, -0.05) is 54.6 Å². The molecule has 0 spiro atoms. The average Bonchev–Trinajstić information content (AvgIpc) is 2.75. The molecule has 1 unspecified atom stereocenters. The van der Waals surface area contributed by atoms with E-state index in [9.17, 15) is 9.59 Å². The molecule has 0 aromatic heterocycles. The van der Waals surface area contributed by atoms with Crippen molar-refractivity contribution in [3.8, 4) is 5.75 Å². The van der Waals surface area contributed by atoms with E-state index >= 15 is 0 Å². The molecule has 1 atom stereocenters. The van der Waals surface area contributed by atoms with E-state index in [2.05, 4.69) is 5.32 Å². The van der Waals surface area contributed by atoms with Crippen molar-refractivity contribution in [2.24, 2.45) is 0 Å². The molecular formula is C23H23NO5. The van der Waals surface area contributed by atoms with Gasteiger partial charge in [0, 0.05) is 20.1 Å². The van der Waals surface area contributed by atoms with Gasteiger partial charge in [0.1, 0.15) is 5.75 Å². The first-order valence-electron chi connectivity index (χ1n) is 9.27. The van der Waals surface area contributed by atoms with Gasteiger partial charge in [-0.25, -0.2) is 4.79 Å². The van der Waals surface area contributed by atoms with Crippen LogP contribution in [0.4, 0.5) is 0 Å². The van der Waals surface area contributed by atoms with Crippen molar-refractivity contribution >= 4 is 22.6 Å². The maximum Gasteiger partial charge on any atom is 0.333 e. The summed E-state index contributed by atoms with van der Waals surface area (Å²) in [7, 11) is 1.37. The van der Waals surface area contributed by atoms with Gasteiger partial charge in [-0.2, -0.15) is 0 Å². The molecule has 6 nitrogen and oxygen atoms in total. The van der Waals surface area contributed by atoms with Crippen LogP contribution in [0.2, 0.25) is 0 Å². The van der Waals surface area contributed by atoms with Gasteiger partial charge in [-0.05, 0) is 34.0 Å².